The largest absolute Gasteiger partial charge is 0.459 e. The third-order valence-electron chi connectivity index (χ3n) is 3.68. The number of hydrogen-bond acceptors (Lipinski definition) is 8. The molecule has 3 aromatic rings. The van der Waals surface area contributed by atoms with Gasteiger partial charge in [-0.1, -0.05) is 6.07 Å². The van der Waals surface area contributed by atoms with Gasteiger partial charge in [0, 0.05) is 18.0 Å². The number of rotatable bonds is 5. The van der Waals surface area contributed by atoms with E-state index in [2.05, 4.69) is 35.3 Å². The fourth-order valence-corrected chi connectivity index (χ4v) is 2.49. The predicted octanol–water partition coefficient (Wildman–Crippen LogP) is 2.95. The molecule has 0 atom stereocenters. The van der Waals surface area contributed by atoms with Crippen molar-refractivity contribution in [2.75, 3.05) is 24.3 Å². The lowest BCUT2D eigenvalue weighted by atomic mass is 10.1. The average Bonchev–Trinajstić information content (AvgIpc) is 3.06. The molecule has 3 N–H and O–H groups in total. The van der Waals surface area contributed by atoms with Gasteiger partial charge in [-0.3, -0.25) is 10.1 Å². The molecular formula is C19H22N6O4. The summed E-state index contributed by atoms with van der Waals surface area (Å²) in [4.78, 5) is 38.8. The van der Waals surface area contributed by atoms with Crippen LogP contribution < -0.4 is 10.6 Å². The Morgan fingerprint density at radius 2 is 1.86 bits per heavy atom. The lowest BCUT2D eigenvalue weighted by Gasteiger charge is -2.19. The number of aromatic amines is 1. The van der Waals surface area contributed by atoms with Crippen molar-refractivity contribution in [1.29, 1.82) is 0 Å². The van der Waals surface area contributed by atoms with Crippen molar-refractivity contribution in [1.82, 2.24) is 19.9 Å². The van der Waals surface area contributed by atoms with E-state index < -0.39 is 11.7 Å². The van der Waals surface area contributed by atoms with Gasteiger partial charge in [-0.2, -0.15) is 0 Å². The normalized spacial score (nSPS) is 11.2. The number of methoxy groups -OCH3 is 1. The Hall–Kier alpha value is -3.69. The highest BCUT2D eigenvalue weighted by Crippen LogP contribution is 2.23. The van der Waals surface area contributed by atoms with E-state index >= 15 is 0 Å². The van der Waals surface area contributed by atoms with Crippen LogP contribution in [0.15, 0.2) is 30.6 Å². The third kappa shape index (κ3) is 5.41. The molecule has 0 aliphatic carbocycles. The monoisotopic (exact) mass is 398 g/mol. The summed E-state index contributed by atoms with van der Waals surface area (Å²) in [7, 11) is 1.28. The number of imidazole rings is 1. The number of ether oxygens (including phenoxy) is 2. The van der Waals surface area contributed by atoms with Crippen LogP contribution in [0.1, 0.15) is 20.8 Å². The molecule has 0 fully saturated rings. The Kier molecular flexibility index (Phi) is 5.62. The van der Waals surface area contributed by atoms with E-state index in [9.17, 15) is 9.59 Å². The molecular weight excluding hydrogens is 376 g/mol. The van der Waals surface area contributed by atoms with Crippen LogP contribution in [0.25, 0.3) is 22.2 Å². The topological polar surface area (TPSA) is 131 Å². The van der Waals surface area contributed by atoms with E-state index in [1.807, 2.05) is 18.2 Å². The van der Waals surface area contributed by atoms with Gasteiger partial charge >= 0.3 is 12.1 Å². The smallest absolute Gasteiger partial charge is 0.413 e. The molecule has 0 saturated carbocycles. The molecule has 0 unspecified atom stereocenters. The number of nitrogens with zero attached hydrogens (tertiary/aromatic N) is 3. The highest BCUT2D eigenvalue weighted by atomic mass is 16.6. The van der Waals surface area contributed by atoms with Crippen LogP contribution in [-0.2, 0) is 14.3 Å². The fourth-order valence-electron chi connectivity index (χ4n) is 2.49. The van der Waals surface area contributed by atoms with Crippen molar-refractivity contribution < 1.29 is 19.1 Å². The van der Waals surface area contributed by atoms with E-state index in [1.54, 1.807) is 33.2 Å². The van der Waals surface area contributed by atoms with Gasteiger partial charge in [0.1, 0.15) is 12.1 Å². The lowest BCUT2D eigenvalue weighted by Crippen LogP contribution is -2.28. The first-order valence-corrected chi connectivity index (χ1v) is 8.86. The highest BCUT2D eigenvalue weighted by Gasteiger charge is 2.16. The molecule has 152 valence electrons. The summed E-state index contributed by atoms with van der Waals surface area (Å²) < 4.78 is 9.78. The maximum atomic E-state index is 11.7. The van der Waals surface area contributed by atoms with Gasteiger partial charge in [-0.15, -0.1) is 0 Å². The number of fused-ring (bicyclic) bond motifs is 1. The summed E-state index contributed by atoms with van der Waals surface area (Å²) in [6.45, 7) is 5.40. The molecule has 0 aliphatic heterocycles. The van der Waals surface area contributed by atoms with E-state index in [0.717, 1.165) is 16.6 Å². The minimum Gasteiger partial charge on any atom is -0.459 e. The number of hydrogen-bond donors (Lipinski definition) is 3. The molecule has 3 rings (SSSR count). The van der Waals surface area contributed by atoms with Crippen molar-refractivity contribution in [3.63, 3.8) is 0 Å². The van der Waals surface area contributed by atoms with Crippen molar-refractivity contribution in [3.05, 3.63) is 30.6 Å². The second-order valence-corrected chi connectivity index (χ2v) is 7.17. The number of benzene rings is 1. The van der Waals surface area contributed by atoms with Crippen LogP contribution in [0.2, 0.25) is 0 Å². The Labute approximate surface area is 167 Å². The molecule has 10 nitrogen and oxygen atoms in total. The van der Waals surface area contributed by atoms with Gasteiger partial charge in [-0.05, 0) is 38.5 Å². The predicted molar refractivity (Wildman–Crippen MR) is 107 cm³/mol. The highest BCUT2D eigenvalue weighted by molar-refractivity contribution is 5.88. The Morgan fingerprint density at radius 1 is 1.14 bits per heavy atom. The molecule has 0 saturated heterocycles. The number of carbonyl (C=O) groups is 2. The maximum absolute atomic E-state index is 11.7. The molecule has 2 aromatic heterocycles. The number of nitrogens with one attached hydrogen (secondary N) is 3. The molecule has 1 aromatic carbocycles. The maximum Gasteiger partial charge on any atom is 0.413 e. The second-order valence-electron chi connectivity index (χ2n) is 7.17. The van der Waals surface area contributed by atoms with Crippen molar-refractivity contribution in [3.8, 4) is 11.1 Å². The van der Waals surface area contributed by atoms with Crippen molar-refractivity contribution in [2.45, 2.75) is 26.4 Å². The SMILES string of the molecule is COC(=O)Nc1nc2cc(-c3cnc(NCC(=O)OC(C)(C)C)nc3)ccc2[nH]1. The molecule has 0 radical (unpaired) electrons. The Morgan fingerprint density at radius 3 is 2.52 bits per heavy atom. The molecule has 1 amide bonds. The summed E-state index contributed by atoms with van der Waals surface area (Å²) in [6, 6.07) is 5.57. The van der Waals surface area contributed by atoms with Crippen LogP contribution >= 0.6 is 0 Å². The molecule has 0 spiro atoms. The first kappa shape index (κ1) is 20.1. The minimum absolute atomic E-state index is 0.0220. The third-order valence-corrected chi connectivity index (χ3v) is 3.68. The van der Waals surface area contributed by atoms with Crippen LogP contribution in [0.3, 0.4) is 0 Å². The van der Waals surface area contributed by atoms with E-state index in [4.69, 9.17) is 4.74 Å². The zero-order valence-corrected chi connectivity index (χ0v) is 16.6. The first-order chi connectivity index (χ1) is 13.7. The number of aromatic nitrogens is 4. The molecule has 0 aliphatic rings. The summed E-state index contributed by atoms with van der Waals surface area (Å²) >= 11 is 0. The standard InChI is InChI=1S/C19H22N6O4/c1-19(2,3)29-15(26)10-22-16-20-8-12(9-21-16)11-5-6-13-14(7-11)24-17(23-13)25-18(27)28-4/h5-9H,10H2,1-4H3,(H,20,21,22)(H2,23,24,25,27). The minimum atomic E-state index is -0.604. The summed E-state index contributed by atoms with van der Waals surface area (Å²) in [5, 5.41) is 5.32. The van der Waals surface area contributed by atoms with Gasteiger partial charge in [0.15, 0.2) is 0 Å². The second kappa shape index (κ2) is 8.13. The lowest BCUT2D eigenvalue weighted by molar-refractivity contribution is -0.152. The zero-order chi connectivity index (χ0) is 21.0. The van der Waals surface area contributed by atoms with Crippen LogP contribution in [0.5, 0.6) is 0 Å². The van der Waals surface area contributed by atoms with Gasteiger partial charge in [0.05, 0.1) is 18.1 Å². The quantitative estimate of drug-likeness (QED) is 0.559. The zero-order valence-electron chi connectivity index (χ0n) is 16.6. The number of carbonyl (C=O) groups excluding carboxylic acids is 2. The van der Waals surface area contributed by atoms with Crippen molar-refractivity contribution >= 4 is 35.0 Å². The number of amides is 1. The van der Waals surface area contributed by atoms with Gasteiger partial charge in [-0.25, -0.2) is 19.7 Å². The van der Waals surface area contributed by atoms with E-state index in [0.29, 0.717) is 17.4 Å². The molecule has 2 heterocycles. The number of H-pyrrole nitrogens is 1. The number of anilines is 2. The van der Waals surface area contributed by atoms with E-state index in [1.165, 1.54) is 7.11 Å². The summed E-state index contributed by atoms with van der Waals surface area (Å²) in [5.74, 6) is 0.234. The van der Waals surface area contributed by atoms with Gasteiger partial charge in [0.25, 0.3) is 0 Å². The molecule has 10 heteroatoms. The van der Waals surface area contributed by atoms with Crippen LogP contribution in [-0.4, -0.2) is 51.3 Å². The fraction of sp³-hybridized carbons (Fsp3) is 0.316. The first-order valence-electron chi connectivity index (χ1n) is 8.86. The van der Waals surface area contributed by atoms with Crippen LogP contribution in [0, 0.1) is 0 Å². The average molecular weight is 398 g/mol. The van der Waals surface area contributed by atoms with Crippen LogP contribution in [0.4, 0.5) is 16.7 Å². The van der Waals surface area contributed by atoms with E-state index in [-0.39, 0.29) is 12.5 Å². The summed E-state index contributed by atoms with van der Waals surface area (Å²) in [5.41, 5.74) is 2.52. The molecule has 0 bridgehead atoms. The van der Waals surface area contributed by atoms with Crippen molar-refractivity contribution in [2.24, 2.45) is 0 Å². The Bertz CT molecular complexity index is 1020. The summed E-state index contributed by atoms with van der Waals surface area (Å²) in [6.07, 6.45) is 2.68. The Balaban J connectivity index is 1.68. The van der Waals surface area contributed by atoms with Gasteiger partial charge in [0.2, 0.25) is 11.9 Å². The number of esters is 1. The van der Waals surface area contributed by atoms with Gasteiger partial charge < -0.3 is 19.8 Å². The molecule has 29 heavy (non-hydrogen) atoms.